The maximum Gasteiger partial charge on any atom is 0.141 e. The zero-order valence-electron chi connectivity index (χ0n) is 9.61. The van der Waals surface area contributed by atoms with Crippen LogP contribution in [0.2, 0.25) is 0 Å². The molecule has 0 radical (unpaired) electrons. The van der Waals surface area contributed by atoms with Gasteiger partial charge in [0, 0.05) is 6.54 Å². The van der Waals surface area contributed by atoms with E-state index in [1.807, 2.05) is 49.4 Å². The zero-order chi connectivity index (χ0) is 12.3. The van der Waals surface area contributed by atoms with E-state index in [-0.39, 0.29) is 0 Å². The Labute approximate surface area is 110 Å². The Kier molecular flexibility index (Phi) is 3.82. The van der Waals surface area contributed by atoms with Gasteiger partial charge in [-0.25, -0.2) is 0 Å². The average molecular weight is 292 g/mol. The van der Waals surface area contributed by atoms with Gasteiger partial charge in [-0.3, -0.25) is 0 Å². The van der Waals surface area contributed by atoms with Crippen LogP contribution in [0.15, 0.2) is 46.9 Å². The summed E-state index contributed by atoms with van der Waals surface area (Å²) in [6.45, 7) is 2.57. The summed E-state index contributed by atoms with van der Waals surface area (Å²) in [6.07, 6.45) is 0. The van der Waals surface area contributed by atoms with Crippen LogP contribution in [0.25, 0.3) is 0 Å². The van der Waals surface area contributed by atoms with E-state index in [2.05, 4.69) is 15.9 Å². The van der Waals surface area contributed by atoms with Gasteiger partial charge in [-0.2, -0.15) is 0 Å². The Bertz CT molecular complexity index is 525. The van der Waals surface area contributed by atoms with Crippen LogP contribution in [0.5, 0.6) is 11.5 Å². The third-order valence-electron chi connectivity index (χ3n) is 2.53. The second kappa shape index (κ2) is 5.34. The number of nitrogens with two attached hydrogens (primary N) is 1. The largest absolute Gasteiger partial charge is 0.456 e. The van der Waals surface area contributed by atoms with E-state index in [0.717, 1.165) is 27.1 Å². The molecule has 2 rings (SSSR count). The molecule has 0 bridgehead atoms. The second-order valence-electron chi connectivity index (χ2n) is 3.84. The summed E-state index contributed by atoms with van der Waals surface area (Å²) in [5.41, 5.74) is 7.80. The summed E-state index contributed by atoms with van der Waals surface area (Å²) in [5.74, 6) is 1.67. The fourth-order valence-corrected chi connectivity index (χ4v) is 1.96. The van der Waals surface area contributed by atoms with Crippen molar-refractivity contribution in [3.05, 3.63) is 58.1 Å². The van der Waals surface area contributed by atoms with Crippen LogP contribution in [0.1, 0.15) is 11.1 Å². The van der Waals surface area contributed by atoms with Gasteiger partial charge in [0.1, 0.15) is 11.5 Å². The molecular formula is C14H14BrNO. The molecule has 0 aliphatic rings. The van der Waals surface area contributed by atoms with Crippen molar-refractivity contribution in [1.82, 2.24) is 0 Å². The van der Waals surface area contributed by atoms with Gasteiger partial charge >= 0.3 is 0 Å². The van der Waals surface area contributed by atoms with E-state index < -0.39 is 0 Å². The van der Waals surface area contributed by atoms with E-state index >= 15 is 0 Å². The molecule has 0 saturated carbocycles. The lowest BCUT2D eigenvalue weighted by Crippen LogP contribution is -1.97. The van der Waals surface area contributed by atoms with Gasteiger partial charge < -0.3 is 10.5 Å². The normalized spacial score (nSPS) is 10.3. The fraction of sp³-hybridized carbons (Fsp3) is 0.143. The Morgan fingerprint density at radius 1 is 1.12 bits per heavy atom. The van der Waals surface area contributed by atoms with Crippen LogP contribution >= 0.6 is 15.9 Å². The third kappa shape index (κ3) is 2.87. The Balaban J connectivity index is 2.28. The number of aryl methyl sites for hydroxylation is 1. The summed E-state index contributed by atoms with van der Waals surface area (Å²) in [7, 11) is 0. The minimum Gasteiger partial charge on any atom is -0.456 e. The molecule has 3 heteroatoms. The summed E-state index contributed by atoms with van der Waals surface area (Å²) in [6, 6.07) is 13.8. The van der Waals surface area contributed by atoms with E-state index in [9.17, 15) is 0 Å². The maximum atomic E-state index is 5.85. The number of ether oxygens (including phenoxy) is 1. The van der Waals surface area contributed by atoms with Gasteiger partial charge in [-0.15, -0.1) is 0 Å². The van der Waals surface area contributed by atoms with E-state index in [1.54, 1.807) is 0 Å². The quantitative estimate of drug-likeness (QED) is 0.927. The summed E-state index contributed by atoms with van der Waals surface area (Å²) < 4.78 is 6.80. The van der Waals surface area contributed by atoms with Gasteiger partial charge in [0.15, 0.2) is 0 Å². The van der Waals surface area contributed by atoms with Crippen molar-refractivity contribution in [3.8, 4) is 11.5 Å². The van der Waals surface area contributed by atoms with Gasteiger partial charge in [0.05, 0.1) is 4.47 Å². The van der Waals surface area contributed by atoms with Gasteiger partial charge in [-0.1, -0.05) is 24.3 Å². The van der Waals surface area contributed by atoms with Crippen molar-refractivity contribution in [2.45, 2.75) is 13.5 Å². The monoisotopic (exact) mass is 291 g/mol. The molecule has 0 spiro atoms. The number of hydrogen-bond donors (Lipinski definition) is 1. The molecule has 0 fully saturated rings. The number of benzene rings is 2. The standard InChI is InChI=1S/C14H14BrNO/c1-10-8-11(9-16)6-7-13(10)17-14-5-3-2-4-12(14)15/h2-8H,9,16H2,1H3. The molecule has 0 amide bonds. The average Bonchev–Trinajstić information content (AvgIpc) is 2.34. The molecule has 2 aromatic carbocycles. The van der Waals surface area contributed by atoms with Crippen LogP contribution in [0.3, 0.4) is 0 Å². The van der Waals surface area contributed by atoms with Gasteiger partial charge in [0.25, 0.3) is 0 Å². The Morgan fingerprint density at radius 2 is 1.88 bits per heavy atom. The van der Waals surface area contributed by atoms with E-state index in [4.69, 9.17) is 10.5 Å². The van der Waals surface area contributed by atoms with Crippen LogP contribution in [-0.2, 0) is 6.54 Å². The molecule has 2 nitrogen and oxygen atoms in total. The Morgan fingerprint density at radius 3 is 2.53 bits per heavy atom. The topological polar surface area (TPSA) is 35.2 Å². The molecule has 0 heterocycles. The lowest BCUT2D eigenvalue weighted by molar-refractivity contribution is 0.475. The molecule has 0 saturated heterocycles. The third-order valence-corrected chi connectivity index (χ3v) is 3.19. The number of halogens is 1. The van der Waals surface area contributed by atoms with Gasteiger partial charge in [0.2, 0.25) is 0 Å². The van der Waals surface area contributed by atoms with Crippen molar-refractivity contribution in [1.29, 1.82) is 0 Å². The first kappa shape index (κ1) is 12.1. The summed E-state index contributed by atoms with van der Waals surface area (Å²) in [4.78, 5) is 0. The number of para-hydroxylation sites is 1. The first-order chi connectivity index (χ1) is 8.20. The SMILES string of the molecule is Cc1cc(CN)ccc1Oc1ccccc1Br. The highest BCUT2D eigenvalue weighted by Crippen LogP contribution is 2.31. The minimum absolute atomic E-state index is 0.552. The first-order valence-corrected chi connectivity index (χ1v) is 6.22. The second-order valence-corrected chi connectivity index (χ2v) is 4.69. The molecule has 0 unspecified atom stereocenters. The maximum absolute atomic E-state index is 5.85. The summed E-state index contributed by atoms with van der Waals surface area (Å²) in [5, 5.41) is 0. The fourth-order valence-electron chi connectivity index (χ4n) is 1.60. The van der Waals surface area contributed by atoms with Crippen molar-refractivity contribution in [2.24, 2.45) is 5.73 Å². The molecular weight excluding hydrogens is 278 g/mol. The predicted molar refractivity (Wildman–Crippen MR) is 73.3 cm³/mol. The first-order valence-electron chi connectivity index (χ1n) is 5.42. The molecule has 2 aromatic rings. The molecule has 17 heavy (non-hydrogen) atoms. The molecule has 0 aliphatic carbocycles. The van der Waals surface area contributed by atoms with E-state index in [1.165, 1.54) is 0 Å². The lowest BCUT2D eigenvalue weighted by atomic mass is 10.1. The molecule has 88 valence electrons. The van der Waals surface area contributed by atoms with Crippen LogP contribution in [0.4, 0.5) is 0 Å². The van der Waals surface area contributed by atoms with Crippen molar-refractivity contribution in [3.63, 3.8) is 0 Å². The van der Waals surface area contributed by atoms with Gasteiger partial charge in [-0.05, 0) is 52.2 Å². The molecule has 0 aliphatic heterocycles. The molecule has 0 atom stereocenters. The summed E-state index contributed by atoms with van der Waals surface area (Å²) >= 11 is 3.46. The van der Waals surface area contributed by atoms with E-state index in [0.29, 0.717) is 6.54 Å². The predicted octanol–water partition coefficient (Wildman–Crippen LogP) is 4.01. The zero-order valence-corrected chi connectivity index (χ0v) is 11.2. The van der Waals surface area contributed by atoms with Crippen LogP contribution in [-0.4, -0.2) is 0 Å². The highest BCUT2D eigenvalue weighted by atomic mass is 79.9. The molecule has 2 N–H and O–H groups in total. The molecule has 0 aromatic heterocycles. The number of rotatable bonds is 3. The Hall–Kier alpha value is -1.32. The highest BCUT2D eigenvalue weighted by Gasteiger charge is 2.04. The van der Waals surface area contributed by atoms with Crippen LogP contribution < -0.4 is 10.5 Å². The van der Waals surface area contributed by atoms with Crippen molar-refractivity contribution < 1.29 is 4.74 Å². The lowest BCUT2D eigenvalue weighted by Gasteiger charge is -2.11. The smallest absolute Gasteiger partial charge is 0.141 e. The minimum atomic E-state index is 0.552. The highest BCUT2D eigenvalue weighted by molar-refractivity contribution is 9.10. The van der Waals surface area contributed by atoms with Crippen LogP contribution in [0, 0.1) is 6.92 Å². The van der Waals surface area contributed by atoms with Crippen molar-refractivity contribution >= 4 is 15.9 Å². The van der Waals surface area contributed by atoms with Crippen molar-refractivity contribution in [2.75, 3.05) is 0 Å². The number of hydrogen-bond acceptors (Lipinski definition) is 2.